The average Bonchev–Trinajstić information content (AvgIpc) is 1.84. The molecule has 60 valence electrons. The summed E-state index contributed by atoms with van der Waals surface area (Å²) in [6, 6.07) is 0. The van der Waals surface area contributed by atoms with Gasteiger partial charge in [-0.2, -0.15) is 0 Å². The molecule has 0 saturated carbocycles. The summed E-state index contributed by atoms with van der Waals surface area (Å²) in [4.78, 5) is 2.06. The predicted octanol–water partition coefficient (Wildman–Crippen LogP) is 0.269. The highest BCUT2D eigenvalue weighted by atomic mass is 19.1. The summed E-state index contributed by atoms with van der Waals surface area (Å²) in [6.07, 6.45) is -0.771. The lowest BCUT2D eigenvalue weighted by molar-refractivity contribution is 0.0359. The van der Waals surface area contributed by atoms with Crippen LogP contribution in [0.2, 0.25) is 0 Å². The van der Waals surface area contributed by atoms with Gasteiger partial charge in [-0.3, -0.25) is 0 Å². The van der Waals surface area contributed by atoms with Crippen LogP contribution in [0.1, 0.15) is 6.92 Å². The number of halogens is 1. The van der Waals surface area contributed by atoms with Crippen molar-refractivity contribution in [3.63, 3.8) is 0 Å². The largest absolute Gasteiger partial charge is 0.389 e. The minimum Gasteiger partial charge on any atom is -0.389 e. The molecule has 1 N–H and O–H groups in total. The zero-order valence-corrected chi connectivity index (χ0v) is 6.26. The van der Waals surface area contributed by atoms with E-state index < -0.39 is 12.8 Å². The van der Waals surface area contributed by atoms with E-state index in [9.17, 15) is 4.39 Å². The van der Waals surface area contributed by atoms with Gasteiger partial charge in [-0.1, -0.05) is 6.92 Å². The van der Waals surface area contributed by atoms with Crippen LogP contribution >= 0.6 is 0 Å². The predicted molar refractivity (Wildman–Crippen MR) is 37.6 cm³/mol. The molecule has 0 aromatic carbocycles. The van der Waals surface area contributed by atoms with Crippen LogP contribution < -0.4 is 0 Å². The van der Waals surface area contributed by atoms with E-state index in [1.165, 1.54) is 0 Å². The van der Waals surface area contributed by atoms with Crippen LogP contribution in [0.4, 0.5) is 4.39 Å². The van der Waals surface area contributed by atoms with Gasteiger partial charge < -0.3 is 10.0 Å². The number of alkyl halides is 1. The highest BCUT2D eigenvalue weighted by Crippen LogP contribution is 2.13. The van der Waals surface area contributed by atoms with E-state index in [0.29, 0.717) is 6.54 Å². The Hall–Kier alpha value is -0.150. The van der Waals surface area contributed by atoms with Crippen LogP contribution in [-0.4, -0.2) is 42.4 Å². The van der Waals surface area contributed by atoms with Crippen LogP contribution in [0.25, 0.3) is 0 Å². The molecule has 1 saturated heterocycles. The molecule has 1 rings (SSSR count). The first-order valence-corrected chi connectivity index (χ1v) is 3.68. The van der Waals surface area contributed by atoms with Crippen LogP contribution in [0, 0.1) is 5.92 Å². The zero-order valence-electron chi connectivity index (χ0n) is 6.26. The second kappa shape index (κ2) is 3.30. The summed E-state index contributed by atoms with van der Waals surface area (Å²) in [5.41, 5.74) is 0. The molecule has 0 aromatic rings. The molecule has 1 fully saturated rings. The number of hydrogen-bond acceptors (Lipinski definition) is 2. The quantitative estimate of drug-likeness (QED) is 0.619. The normalized spacial score (nSPS) is 24.3. The Morgan fingerprint density at radius 1 is 1.70 bits per heavy atom. The maximum absolute atomic E-state index is 11.7. The minimum atomic E-state index is -0.771. The Labute approximate surface area is 60.6 Å². The molecule has 0 radical (unpaired) electrons. The SMILES string of the molecule is CC1CN(CC(O)CF)C1. The zero-order chi connectivity index (χ0) is 7.56. The molecular weight excluding hydrogens is 133 g/mol. The number of rotatable bonds is 3. The lowest BCUT2D eigenvalue weighted by Crippen LogP contribution is -2.48. The standard InChI is InChI=1S/C7H14FNO/c1-6-3-9(4-6)5-7(10)2-8/h6-7,10H,2-5H2,1H3. The molecule has 1 aliphatic heterocycles. The van der Waals surface area contributed by atoms with Gasteiger partial charge in [-0.05, 0) is 5.92 Å². The molecule has 0 spiro atoms. The molecule has 1 unspecified atom stereocenters. The fraction of sp³-hybridized carbons (Fsp3) is 1.00. The van der Waals surface area contributed by atoms with Crippen molar-refractivity contribution >= 4 is 0 Å². The summed E-state index contributed by atoms with van der Waals surface area (Å²) in [5, 5.41) is 8.86. The van der Waals surface area contributed by atoms with Crippen molar-refractivity contribution in [3.8, 4) is 0 Å². The Morgan fingerprint density at radius 3 is 2.70 bits per heavy atom. The summed E-state index contributed by atoms with van der Waals surface area (Å²) < 4.78 is 11.7. The molecule has 0 bridgehead atoms. The molecule has 0 amide bonds. The van der Waals surface area contributed by atoms with Crippen molar-refractivity contribution in [1.29, 1.82) is 0 Å². The smallest absolute Gasteiger partial charge is 0.117 e. The molecule has 0 aliphatic carbocycles. The van der Waals surface area contributed by atoms with Gasteiger partial charge in [-0.25, -0.2) is 4.39 Å². The maximum atomic E-state index is 11.7. The van der Waals surface area contributed by atoms with E-state index in [0.717, 1.165) is 19.0 Å². The minimum absolute atomic E-state index is 0.501. The molecule has 3 heteroatoms. The highest BCUT2D eigenvalue weighted by molar-refractivity contribution is 4.77. The summed E-state index contributed by atoms with van der Waals surface area (Å²) in [6.45, 7) is 4.05. The number of aliphatic hydroxyl groups is 1. The average molecular weight is 147 g/mol. The molecule has 1 atom stereocenters. The van der Waals surface area contributed by atoms with Crippen LogP contribution in [0.3, 0.4) is 0 Å². The fourth-order valence-corrected chi connectivity index (χ4v) is 1.32. The fourth-order valence-electron chi connectivity index (χ4n) is 1.32. The number of likely N-dealkylation sites (tertiary alicyclic amines) is 1. The third-order valence-electron chi connectivity index (χ3n) is 1.79. The van der Waals surface area contributed by atoms with Crippen molar-refractivity contribution in [2.24, 2.45) is 5.92 Å². The Balaban J connectivity index is 2.04. The Bertz CT molecular complexity index is 104. The molecule has 0 aromatic heterocycles. The van der Waals surface area contributed by atoms with Crippen molar-refractivity contribution in [2.45, 2.75) is 13.0 Å². The Kier molecular flexibility index (Phi) is 2.63. The van der Waals surface area contributed by atoms with Crippen LogP contribution in [0.15, 0.2) is 0 Å². The number of β-amino-alcohol motifs (C(OH)–C–C–N with tert-alkyl or cyclic N) is 1. The van der Waals surface area contributed by atoms with Crippen molar-refractivity contribution in [1.82, 2.24) is 4.90 Å². The van der Waals surface area contributed by atoms with E-state index in [1.807, 2.05) is 0 Å². The number of aliphatic hydroxyl groups excluding tert-OH is 1. The van der Waals surface area contributed by atoms with Gasteiger partial charge in [-0.15, -0.1) is 0 Å². The number of nitrogens with zero attached hydrogens (tertiary/aromatic N) is 1. The monoisotopic (exact) mass is 147 g/mol. The first kappa shape index (κ1) is 7.95. The van der Waals surface area contributed by atoms with Gasteiger partial charge in [0, 0.05) is 19.6 Å². The van der Waals surface area contributed by atoms with Gasteiger partial charge in [0.05, 0.1) is 6.10 Å². The lowest BCUT2D eigenvalue weighted by Gasteiger charge is -2.37. The van der Waals surface area contributed by atoms with E-state index in [2.05, 4.69) is 11.8 Å². The second-order valence-corrected chi connectivity index (χ2v) is 3.13. The third kappa shape index (κ3) is 1.92. The van der Waals surface area contributed by atoms with E-state index in [1.54, 1.807) is 0 Å². The maximum Gasteiger partial charge on any atom is 0.117 e. The summed E-state index contributed by atoms with van der Waals surface area (Å²) >= 11 is 0. The number of hydrogen-bond donors (Lipinski definition) is 1. The molecule has 2 nitrogen and oxygen atoms in total. The van der Waals surface area contributed by atoms with Gasteiger partial charge in [0.1, 0.15) is 6.67 Å². The summed E-state index contributed by atoms with van der Waals surface area (Å²) in [5.74, 6) is 0.729. The van der Waals surface area contributed by atoms with Crippen LogP contribution in [-0.2, 0) is 0 Å². The van der Waals surface area contributed by atoms with E-state index in [4.69, 9.17) is 5.11 Å². The van der Waals surface area contributed by atoms with E-state index in [-0.39, 0.29) is 0 Å². The topological polar surface area (TPSA) is 23.5 Å². The van der Waals surface area contributed by atoms with Crippen molar-refractivity contribution in [2.75, 3.05) is 26.3 Å². The van der Waals surface area contributed by atoms with E-state index >= 15 is 0 Å². The van der Waals surface area contributed by atoms with Gasteiger partial charge >= 0.3 is 0 Å². The highest BCUT2D eigenvalue weighted by Gasteiger charge is 2.23. The lowest BCUT2D eigenvalue weighted by atomic mass is 10.0. The summed E-state index contributed by atoms with van der Waals surface area (Å²) in [7, 11) is 0. The second-order valence-electron chi connectivity index (χ2n) is 3.13. The Morgan fingerprint density at radius 2 is 2.30 bits per heavy atom. The molecule has 1 heterocycles. The van der Waals surface area contributed by atoms with Gasteiger partial charge in [0.2, 0.25) is 0 Å². The van der Waals surface area contributed by atoms with Gasteiger partial charge in [0.25, 0.3) is 0 Å². The first-order valence-electron chi connectivity index (χ1n) is 3.68. The molecular formula is C7H14FNO. The molecule has 10 heavy (non-hydrogen) atoms. The van der Waals surface area contributed by atoms with Crippen molar-refractivity contribution in [3.05, 3.63) is 0 Å². The first-order chi connectivity index (χ1) is 4.72. The van der Waals surface area contributed by atoms with Gasteiger partial charge in [0.15, 0.2) is 0 Å². The van der Waals surface area contributed by atoms with Crippen molar-refractivity contribution < 1.29 is 9.50 Å². The van der Waals surface area contributed by atoms with Crippen LogP contribution in [0.5, 0.6) is 0 Å². The third-order valence-corrected chi connectivity index (χ3v) is 1.79. The molecule has 1 aliphatic rings.